The molecule has 0 saturated carbocycles. The molecule has 4 heterocycles. The summed E-state index contributed by atoms with van der Waals surface area (Å²) < 4.78 is 13.2. The predicted molar refractivity (Wildman–Crippen MR) is 116 cm³/mol. The lowest BCUT2D eigenvalue weighted by Gasteiger charge is -2.26. The van der Waals surface area contributed by atoms with Gasteiger partial charge in [0, 0.05) is 11.1 Å². The molecule has 0 bridgehead atoms. The van der Waals surface area contributed by atoms with Crippen LogP contribution in [-0.4, -0.2) is 43.6 Å². The Hall–Kier alpha value is -4.14. The maximum Gasteiger partial charge on any atom is 0.203 e. The zero-order valence-corrected chi connectivity index (χ0v) is 16.8. The summed E-state index contributed by atoms with van der Waals surface area (Å²) in [5.74, 6) is 0.666. The topological polar surface area (TPSA) is 95.9 Å². The van der Waals surface area contributed by atoms with Gasteiger partial charge in [0.2, 0.25) is 5.96 Å². The number of guanidine groups is 1. The number of aryl methyl sites for hydroxylation is 1. The predicted octanol–water partition coefficient (Wildman–Crippen LogP) is 2.60. The Morgan fingerprint density at radius 1 is 1.06 bits per heavy atom. The summed E-state index contributed by atoms with van der Waals surface area (Å²) in [6, 6.07) is 14.8. The van der Waals surface area contributed by atoms with E-state index in [1.807, 2.05) is 53.2 Å². The normalized spacial score (nSPS) is 15.7. The Balaban J connectivity index is 1.62. The maximum atomic E-state index is 13.2. The molecule has 0 atom stereocenters. The van der Waals surface area contributed by atoms with Gasteiger partial charge in [-0.2, -0.15) is 15.3 Å². The Labute approximate surface area is 178 Å². The highest BCUT2D eigenvalue weighted by molar-refractivity contribution is 6.35. The van der Waals surface area contributed by atoms with Gasteiger partial charge in [-0.25, -0.2) is 9.38 Å². The molecule has 154 valence electrons. The first-order valence-corrected chi connectivity index (χ1v) is 9.74. The Kier molecular flexibility index (Phi) is 4.62. The second-order valence-corrected chi connectivity index (χ2v) is 7.27. The van der Waals surface area contributed by atoms with Gasteiger partial charge in [0.05, 0.1) is 41.6 Å². The molecule has 2 aromatic heterocycles. The second kappa shape index (κ2) is 7.60. The van der Waals surface area contributed by atoms with Crippen molar-refractivity contribution in [3.63, 3.8) is 0 Å². The van der Waals surface area contributed by atoms with Crippen molar-refractivity contribution in [1.82, 2.24) is 25.1 Å². The SMILES string of the molecule is Cc1cc(C2=C(c3ccccc3)N=C(N)N3CN(Cc4ccc(F)cn4)N=C23)cnn1. The molecule has 1 aromatic carbocycles. The van der Waals surface area contributed by atoms with E-state index < -0.39 is 0 Å². The third-order valence-electron chi connectivity index (χ3n) is 5.01. The van der Waals surface area contributed by atoms with Gasteiger partial charge in [-0.15, -0.1) is 0 Å². The van der Waals surface area contributed by atoms with Crippen molar-refractivity contribution in [2.45, 2.75) is 13.5 Å². The second-order valence-electron chi connectivity index (χ2n) is 7.27. The van der Waals surface area contributed by atoms with Crippen molar-refractivity contribution < 1.29 is 4.39 Å². The van der Waals surface area contributed by atoms with Crippen LogP contribution in [0.3, 0.4) is 0 Å². The first-order valence-electron chi connectivity index (χ1n) is 9.74. The lowest BCUT2D eigenvalue weighted by molar-refractivity contribution is 0.260. The van der Waals surface area contributed by atoms with Crippen LogP contribution in [0, 0.1) is 12.7 Å². The number of aromatic nitrogens is 3. The molecular formula is C22H19FN8. The van der Waals surface area contributed by atoms with Crippen LogP contribution in [0.1, 0.15) is 22.5 Å². The fourth-order valence-electron chi connectivity index (χ4n) is 3.61. The molecule has 2 aliphatic heterocycles. The number of amidine groups is 1. The van der Waals surface area contributed by atoms with Crippen molar-refractivity contribution >= 4 is 23.1 Å². The minimum absolute atomic E-state index is 0.356. The van der Waals surface area contributed by atoms with Crippen molar-refractivity contribution in [1.29, 1.82) is 0 Å². The van der Waals surface area contributed by atoms with E-state index in [0.717, 1.165) is 28.1 Å². The Bertz CT molecular complexity index is 1220. The highest BCUT2D eigenvalue weighted by Crippen LogP contribution is 2.35. The minimum Gasteiger partial charge on any atom is -0.369 e. The zero-order valence-electron chi connectivity index (χ0n) is 16.8. The smallest absolute Gasteiger partial charge is 0.203 e. The number of rotatable bonds is 4. The van der Waals surface area contributed by atoms with Gasteiger partial charge in [-0.1, -0.05) is 30.3 Å². The molecule has 2 aliphatic rings. The number of halogens is 1. The van der Waals surface area contributed by atoms with Crippen LogP contribution in [-0.2, 0) is 6.54 Å². The summed E-state index contributed by atoms with van der Waals surface area (Å²) >= 11 is 0. The average Bonchev–Trinajstić information content (AvgIpc) is 3.20. The lowest BCUT2D eigenvalue weighted by Crippen LogP contribution is -2.44. The van der Waals surface area contributed by atoms with Crippen LogP contribution < -0.4 is 5.73 Å². The highest BCUT2D eigenvalue weighted by atomic mass is 19.1. The molecular weight excluding hydrogens is 395 g/mol. The quantitative estimate of drug-likeness (QED) is 0.705. The molecule has 5 rings (SSSR count). The fourth-order valence-corrected chi connectivity index (χ4v) is 3.61. The van der Waals surface area contributed by atoms with Crippen LogP contribution >= 0.6 is 0 Å². The van der Waals surface area contributed by atoms with Crippen molar-refractivity contribution in [3.05, 3.63) is 89.3 Å². The number of nitrogens with two attached hydrogens (primary N) is 1. The summed E-state index contributed by atoms with van der Waals surface area (Å²) in [6.45, 7) is 2.71. The molecule has 9 heteroatoms. The summed E-state index contributed by atoms with van der Waals surface area (Å²) in [4.78, 5) is 10.7. The molecule has 3 aromatic rings. The molecule has 31 heavy (non-hydrogen) atoms. The van der Waals surface area contributed by atoms with E-state index in [4.69, 9.17) is 15.8 Å². The summed E-state index contributed by atoms with van der Waals surface area (Å²) in [5.41, 5.74) is 11.2. The number of aliphatic imine (C=N–C) groups is 1. The van der Waals surface area contributed by atoms with E-state index in [9.17, 15) is 4.39 Å². The third kappa shape index (κ3) is 3.61. The van der Waals surface area contributed by atoms with E-state index in [1.165, 1.54) is 12.3 Å². The van der Waals surface area contributed by atoms with Gasteiger partial charge in [0.25, 0.3) is 0 Å². The van der Waals surface area contributed by atoms with E-state index in [2.05, 4.69) is 15.2 Å². The molecule has 0 aliphatic carbocycles. The maximum absolute atomic E-state index is 13.2. The van der Waals surface area contributed by atoms with Crippen LogP contribution in [0.2, 0.25) is 0 Å². The van der Waals surface area contributed by atoms with Gasteiger partial charge >= 0.3 is 0 Å². The van der Waals surface area contributed by atoms with Crippen LogP contribution in [0.5, 0.6) is 0 Å². The van der Waals surface area contributed by atoms with E-state index in [1.54, 1.807) is 12.3 Å². The number of benzene rings is 1. The van der Waals surface area contributed by atoms with Gasteiger partial charge < -0.3 is 5.73 Å². The Morgan fingerprint density at radius 3 is 2.65 bits per heavy atom. The zero-order chi connectivity index (χ0) is 21.4. The number of hydrogen-bond donors (Lipinski definition) is 1. The van der Waals surface area contributed by atoms with Gasteiger partial charge in [-0.3, -0.25) is 14.9 Å². The molecule has 0 spiro atoms. The van der Waals surface area contributed by atoms with Crippen molar-refractivity contribution in [2.75, 3.05) is 6.67 Å². The fraction of sp³-hybridized carbons (Fsp3) is 0.136. The highest BCUT2D eigenvalue weighted by Gasteiger charge is 2.35. The lowest BCUT2D eigenvalue weighted by atomic mass is 9.98. The molecule has 0 saturated heterocycles. The van der Waals surface area contributed by atoms with Crippen LogP contribution in [0.4, 0.5) is 4.39 Å². The summed E-state index contributed by atoms with van der Waals surface area (Å²) in [7, 11) is 0. The number of fused-ring (bicyclic) bond motifs is 1. The minimum atomic E-state index is -0.372. The Morgan fingerprint density at radius 2 is 1.90 bits per heavy atom. The molecule has 0 fully saturated rings. The third-order valence-corrected chi connectivity index (χ3v) is 5.01. The van der Waals surface area contributed by atoms with E-state index in [-0.39, 0.29) is 5.82 Å². The molecule has 8 nitrogen and oxygen atoms in total. The molecule has 2 N–H and O–H groups in total. The standard InChI is InChI=1S/C22H19FN8/c1-14-9-16(10-26-28-14)19-20(15-5-3-2-4-6-15)27-22(24)31-13-30(29-21(19)31)12-18-8-7-17(23)11-25-18/h2-11H,12-13H2,1H3,(H2,24,27). The van der Waals surface area contributed by atoms with Crippen molar-refractivity contribution in [2.24, 2.45) is 15.8 Å². The van der Waals surface area contributed by atoms with Crippen LogP contribution in [0.25, 0.3) is 11.3 Å². The van der Waals surface area contributed by atoms with E-state index >= 15 is 0 Å². The van der Waals surface area contributed by atoms with Crippen LogP contribution in [0.15, 0.2) is 71.0 Å². The largest absolute Gasteiger partial charge is 0.369 e. The summed E-state index contributed by atoms with van der Waals surface area (Å²) in [6.07, 6.45) is 2.90. The number of pyridine rings is 1. The van der Waals surface area contributed by atoms with E-state index in [0.29, 0.717) is 30.7 Å². The molecule has 0 radical (unpaired) electrons. The number of nitrogens with zero attached hydrogens (tertiary/aromatic N) is 7. The monoisotopic (exact) mass is 414 g/mol. The molecule has 0 unspecified atom stereocenters. The number of hydrogen-bond acceptors (Lipinski definition) is 8. The number of hydrazone groups is 1. The average molecular weight is 414 g/mol. The first kappa shape index (κ1) is 18.9. The van der Waals surface area contributed by atoms with Crippen molar-refractivity contribution in [3.8, 4) is 0 Å². The summed E-state index contributed by atoms with van der Waals surface area (Å²) in [5, 5.41) is 14.8. The van der Waals surface area contributed by atoms with Gasteiger partial charge in [-0.05, 0) is 25.1 Å². The van der Waals surface area contributed by atoms with Gasteiger partial charge in [0.1, 0.15) is 12.5 Å². The first-order chi connectivity index (χ1) is 15.1. The van der Waals surface area contributed by atoms with Gasteiger partial charge in [0.15, 0.2) is 5.84 Å². The molecule has 0 amide bonds.